The van der Waals surface area contributed by atoms with E-state index in [2.05, 4.69) is 20.6 Å². The number of thioether (sulfide) groups is 1. The molecule has 6 rings (SSSR count). The minimum absolute atomic E-state index is 0.00245. The molecule has 4 aromatic rings. The number of piperidine rings is 1. The lowest BCUT2D eigenvalue weighted by atomic mass is 9.96. The molecule has 2 fully saturated rings. The highest BCUT2D eigenvalue weighted by Crippen LogP contribution is 2.43. The van der Waals surface area contributed by atoms with Crippen LogP contribution in [0.15, 0.2) is 48.8 Å². The molecule has 17 nitrogen and oxygen atoms in total. The molecule has 0 saturated carbocycles. The Kier molecular flexibility index (Phi) is 13.6. The Morgan fingerprint density at radius 2 is 1.56 bits per heavy atom. The van der Waals surface area contributed by atoms with Crippen molar-refractivity contribution in [2.75, 3.05) is 32.9 Å². The Morgan fingerprint density at radius 1 is 0.881 bits per heavy atom. The van der Waals surface area contributed by atoms with Gasteiger partial charge in [-0.25, -0.2) is 31.7 Å². The third kappa shape index (κ3) is 10.1. The molecule has 22 heteroatoms. The van der Waals surface area contributed by atoms with E-state index in [9.17, 15) is 41.8 Å². The first-order valence-corrected chi connectivity index (χ1v) is 19.1. The Balaban J connectivity index is 1.40. The first-order valence-electron chi connectivity index (χ1n) is 18.2. The lowest BCUT2D eigenvalue weighted by Gasteiger charge is -2.47. The summed E-state index contributed by atoms with van der Waals surface area (Å²) in [4.78, 5) is 51.7. The van der Waals surface area contributed by atoms with Crippen LogP contribution in [0.5, 0.6) is 0 Å². The van der Waals surface area contributed by atoms with Crippen LogP contribution in [-0.2, 0) is 42.9 Å². The van der Waals surface area contributed by atoms with E-state index < -0.39 is 102 Å². The second kappa shape index (κ2) is 18.6. The van der Waals surface area contributed by atoms with Gasteiger partial charge >= 0.3 is 17.9 Å². The fourth-order valence-corrected chi connectivity index (χ4v) is 8.33. The summed E-state index contributed by atoms with van der Waals surface area (Å²) < 4.78 is 87.7. The van der Waals surface area contributed by atoms with Crippen LogP contribution in [0, 0.1) is 23.3 Å². The van der Waals surface area contributed by atoms with Gasteiger partial charge < -0.3 is 33.7 Å². The van der Waals surface area contributed by atoms with Gasteiger partial charge in [-0.3, -0.25) is 14.4 Å². The number of hydrogen-bond acceptors (Lipinski definition) is 15. The number of aliphatic hydroxyl groups is 1. The van der Waals surface area contributed by atoms with Crippen LogP contribution in [0.2, 0.25) is 0 Å². The molecule has 0 spiro atoms. The number of hydrogen-bond donors (Lipinski definition) is 1. The number of esters is 3. The van der Waals surface area contributed by atoms with Crippen LogP contribution in [-0.4, -0.2) is 132 Å². The number of aliphatic hydroxyl groups excluding tert-OH is 1. The van der Waals surface area contributed by atoms with Gasteiger partial charge in [0, 0.05) is 45.0 Å². The maximum absolute atomic E-state index is 14.3. The van der Waals surface area contributed by atoms with Crippen molar-refractivity contribution in [3.8, 4) is 22.5 Å². The SMILES string of the molecule is CCOC(=O)CO[C@@H]1[C@@H](n2cc(-c3cc(F)c(F)c(F)c3)nn2)[C@@H](OC(C)=O)[C@@H](COC(C)=O)O[C@H]1S[C@@H]1CN(C(C)=O)C[C@H](n2cc(-c3cccc(F)c3)nn2)[C@H]1O. The highest BCUT2D eigenvalue weighted by molar-refractivity contribution is 8.00. The molecule has 2 saturated heterocycles. The molecule has 2 aliphatic rings. The number of carbonyl (C=O) groups excluding carboxylic acids is 4. The number of carbonyl (C=O) groups is 4. The third-order valence-electron chi connectivity index (χ3n) is 9.47. The number of amides is 1. The summed E-state index contributed by atoms with van der Waals surface area (Å²) in [7, 11) is 0. The number of halogens is 4. The largest absolute Gasteiger partial charge is 0.464 e. The van der Waals surface area contributed by atoms with Crippen LogP contribution in [0.1, 0.15) is 39.8 Å². The molecule has 0 radical (unpaired) electrons. The van der Waals surface area contributed by atoms with Gasteiger partial charge in [-0.1, -0.05) is 22.6 Å². The standard InChI is InChI=1S/C37H39F4N7O10S/c1-5-54-31(52)17-56-36-33(48-13-27(43-45-48)22-10-24(39)32(41)25(40)11-22)35(57-20(4)51)29(16-55-19(3)50)58-37(36)59-30-15-46(18(2)49)14-28(34(30)53)47-12-26(42-44-47)21-7-6-8-23(38)9-21/h6-13,28-30,33-37,53H,5,14-17H2,1-4H3/t28-,29+,30+,33-,34+,35-,36+,37-/m0/s1. The molecule has 8 atom stereocenters. The Hall–Kier alpha value is -5.45. The van der Waals surface area contributed by atoms with Gasteiger partial charge in [-0.15, -0.1) is 22.0 Å². The molecule has 2 aromatic carbocycles. The van der Waals surface area contributed by atoms with Crippen LogP contribution in [0.25, 0.3) is 22.5 Å². The summed E-state index contributed by atoms with van der Waals surface area (Å²) >= 11 is 0.976. The molecule has 2 aromatic heterocycles. The molecule has 59 heavy (non-hydrogen) atoms. The predicted molar refractivity (Wildman–Crippen MR) is 196 cm³/mol. The number of likely N-dealkylation sites (tertiary alicyclic amines) is 1. The van der Waals surface area contributed by atoms with Gasteiger partial charge in [0.2, 0.25) is 5.91 Å². The van der Waals surface area contributed by atoms with Crippen molar-refractivity contribution < 1.29 is 65.5 Å². The topological polar surface area (TPSA) is 199 Å². The third-order valence-corrected chi connectivity index (χ3v) is 10.9. The van der Waals surface area contributed by atoms with Crippen molar-refractivity contribution in [1.82, 2.24) is 34.9 Å². The zero-order chi connectivity index (χ0) is 42.5. The van der Waals surface area contributed by atoms with E-state index in [1.807, 2.05) is 0 Å². The number of aromatic nitrogens is 6. The Bertz CT molecular complexity index is 2150. The quantitative estimate of drug-likeness (QED) is 0.0891. The van der Waals surface area contributed by atoms with E-state index in [-0.39, 0.29) is 36.9 Å². The van der Waals surface area contributed by atoms with Crippen molar-refractivity contribution >= 4 is 35.6 Å². The van der Waals surface area contributed by atoms with Crippen molar-refractivity contribution in [3.05, 3.63) is 72.1 Å². The molecule has 0 unspecified atom stereocenters. The minimum Gasteiger partial charge on any atom is -0.464 e. The molecule has 2 aliphatic heterocycles. The summed E-state index contributed by atoms with van der Waals surface area (Å²) in [6, 6.07) is 4.89. The van der Waals surface area contributed by atoms with Gasteiger partial charge in [0.05, 0.1) is 36.4 Å². The number of benzene rings is 2. The van der Waals surface area contributed by atoms with E-state index in [1.165, 1.54) is 47.1 Å². The summed E-state index contributed by atoms with van der Waals surface area (Å²) in [5, 5.41) is 27.6. The zero-order valence-electron chi connectivity index (χ0n) is 31.9. The van der Waals surface area contributed by atoms with Gasteiger partial charge in [-0.05, 0) is 31.2 Å². The van der Waals surface area contributed by atoms with E-state index >= 15 is 0 Å². The highest BCUT2D eigenvalue weighted by Gasteiger charge is 2.53. The average Bonchev–Trinajstić information content (AvgIpc) is 3.88. The second-order valence-corrected chi connectivity index (χ2v) is 14.9. The summed E-state index contributed by atoms with van der Waals surface area (Å²) in [6.07, 6.45) is -2.58. The average molecular weight is 850 g/mol. The van der Waals surface area contributed by atoms with E-state index in [1.54, 1.807) is 13.0 Å². The van der Waals surface area contributed by atoms with Crippen molar-refractivity contribution in [2.24, 2.45) is 0 Å². The Labute approximate surface area is 337 Å². The molecule has 316 valence electrons. The number of ether oxygens (including phenoxy) is 5. The zero-order valence-corrected chi connectivity index (χ0v) is 32.8. The molecule has 0 aliphatic carbocycles. The van der Waals surface area contributed by atoms with Crippen LogP contribution < -0.4 is 0 Å². The Morgan fingerprint density at radius 3 is 2.20 bits per heavy atom. The van der Waals surface area contributed by atoms with Crippen LogP contribution in [0.3, 0.4) is 0 Å². The lowest BCUT2D eigenvalue weighted by molar-refractivity contribution is -0.214. The highest BCUT2D eigenvalue weighted by atomic mass is 32.2. The van der Waals surface area contributed by atoms with Gasteiger partial charge in [0.1, 0.15) is 54.1 Å². The maximum Gasteiger partial charge on any atom is 0.332 e. The maximum atomic E-state index is 14.3. The second-order valence-electron chi connectivity index (χ2n) is 13.6. The lowest BCUT2D eigenvalue weighted by Crippen LogP contribution is -2.59. The van der Waals surface area contributed by atoms with Crippen molar-refractivity contribution in [1.29, 1.82) is 0 Å². The molecular weight excluding hydrogens is 811 g/mol. The first-order chi connectivity index (χ1) is 28.1. The first kappa shape index (κ1) is 43.1. The van der Waals surface area contributed by atoms with Crippen LogP contribution in [0.4, 0.5) is 17.6 Å². The van der Waals surface area contributed by atoms with Gasteiger partial charge in [0.25, 0.3) is 0 Å². The predicted octanol–water partition coefficient (Wildman–Crippen LogP) is 3.04. The molecule has 4 heterocycles. The minimum atomic E-state index is -1.70. The fourth-order valence-electron chi connectivity index (χ4n) is 6.77. The summed E-state index contributed by atoms with van der Waals surface area (Å²) in [5.74, 6) is -7.86. The van der Waals surface area contributed by atoms with Crippen molar-refractivity contribution in [3.63, 3.8) is 0 Å². The fraction of sp³-hybridized carbons (Fsp3) is 0.459. The van der Waals surface area contributed by atoms with E-state index in [4.69, 9.17) is 23.7 Å². The van der Waals surface area contributed by atoms with Crippen LogP contribution >= 0.6 is 11.8 Å². The molecule has 0 bridgehead atoms. The van der Waals surface area contributed by atoms with Gasteiger partial charge in [-0.2, -0.15) is 0 Å². The smallest absolute Gasteiger partial charge is 0.332 e. The number of rotatable bonds is 13. The molecular formula is C37H39F4N7O10S. The summed E-state index contributed by atoms with van der Waals surface area (Å²) in [6.45, 7) is 3.98. The van der Waals surface area contributed by atoms with E-state index in [0.717, 1.165) is 30.3 Å². The molecule has 1 amide bonds. The normalized spacial score (nSPS) is 24.4. The summed E-state index contributed by atoms with van der Waals surface area (Å²) in [5.41, 5.74) is -0.875. The number of nitrogens with zero attached hydrogens (tertiary/aromatic N) is 7. The van der Waals surface area contributed by atoms with E-state index in [0.29, 0.717) is 23.4 Å². The monoisotopic (exact) mass is 849 g/mol. The molecule has 1 N–H and O–H groups in total. The van der Waals surface area contributed by atoms with Crippen molar-refractivity contribution in [2.45, 2.75) is 74.9 Å². The van der Waals surface area contributed by atoms with Gasteiger partial charge in [0.15, 0.2) is 23.6 Å².